The summed E-state index contributed by atoms with van der Waals surface area (Å²) in [5.41, 5.74) is 2.87. The molecule has 6 heteroatoms. The van der Waals surface area contributed by atoms with Crippen LogP contribution in [0.5, 0.6) is 0 Å². The summed E-state index contributed by atoms with van der Waals surface area (Å²) in [4.78, 5) is 32.4. The van der Waals surface area contributed by atoms with Crippen LogP contribution in [-0.4, -0.2) is 39.6 Å². The summed E-state index contributed by atoms with van der Waals surface area (Å²) >= 11 is 0. The highest BCUT2D eigenvalue weighted by Crippen LogP contribution is 2.18. The van der Waals surface area contributed by atoms with E-state index in [1.54, 1.807) is 21.9 Å². The average molecular weight is 432 g/mol. The van der Waals surface area contributed by atoms with Gasteiger partial charge in [0.2, 0.25) is 0 Å². The van der Waals surface area contributed by atoms with Gasteiger partial charge in [0.1, 0.15) is 5.56 Å². The molecule has 0 saturated carbocycles. The topological polar surface area (TPSA) is 64.4 Å². The third kappa shape index (κ3) is 5.32. The first-order valence-electron chi connectivity index (χ1n) is 11.2. The SMILES string of the molecule is Cc1ccn(CCc2ccccc2)c(=O)c1C(=O)N1CCC(OCc2ccccn2)CC1. The lowest BCUT2D eigenvalue weighted by Gasteiger charge is -2.32. The van der Waals surface area contributed by atoms with E-state index in [1.807, 2.05) is 61.5 Å². The minimum Gasteiger partial charge on any atom is -0.372 e. The number of carbonyl (C=O) groups is 1. The number of ether oxygens (including phenoxy) is 1. The van der Waals surface area contributed by atoms with Gasteiger partial charge >= 0.3 is 0 Å². The van der Waals surface area contributed by atoms with Gasteiger partial charge in [-0.3, -0.25) is 14.6 Å². The lowest BCUT2D eigenvalue weighted by Crippen LogP contribution is -2.43. The molecule has 166 valence electrons. The van der Waals surface area contributed by atoms with E-state index in [9.17, 15) is 9.59 Å². The Bertz CT molecular complexity index is 1090. The highest BCUT2D eigenvalue weighted by Gasteiger charge is 2.27. The van der Waals surface area contributed by atoms with Crippen LogP contribution in [0, 0.1) is 6.92 Å². The van der Waals surface area contributed by atoms with Gasteiger partial charge in [0.05, 0.1) is 18.4 Å². The number of pyridine rings is 2. The largest absolute Gasteiger partial charge is 0.372 e. The fourth-order valence-electron chi connectivity index (χ4n) is 4.07. The maximum atomic E-state index is 13.2. The Hall–Kier alpha value is -3.25. The van der Waals surface area contributed by atoms with E-state index in [0.717, 1.165) is 30.5 Å². The Labute approximate surface area is 188 Å². The smallest absolute Gasteiger partial charge is 0.263 e. The van der Waals surface area contributed by atoms with Crippen molar-refractivity contribution >= 4 is 5.91 Å². The number of nitrogens with zero attached hydrogens (tertiary/aromatic N) is 3. The molecule has 2 aromatic heterocycles. The van der Waals surface area contributed by atoms with E-state index in [0.29, 0.717) is 26.2 Å². The summed E-state index contributed by atoms with van der Waals surface area (Å²) in [6.07, 6.45) is 5.90. The number of hydrogen-bond donors (Lipinski definition) is 0. The van der Waals surface area contributed by atoms with Gasteiger partial charge < -0.3 is 14.2 Å². The van der Waals surface area contributed by atoms with Crippen LogP contribution in [-0.2, 0) is 24.3 Å². The van der Waals surface area contributed by atoms with Crippen molar-refractivity contribution in [1.82, 2.24) is 14.5 Å². The van der Waals surface area contributed by atoms with Crippen molar-refractivity contribution in [1.29, 1.82) is 0 Å². The summed E-state index contributed by atoms with van der Waals surface area (Å²) in [5.74, 6) is -0.176. The van der Waals surface area contributed by atoms with Crippen LogP contribution in [0.2, 0.25) is 0 Å². The number of aryl methyl sites for hydroxylation is 3. The maximum Gasteiger partial charge on any atom is 0.263 e. The molecule has 0 aliphatic carbocycles. The third-order valence-electron chi connectivity index (χ3n) is 5.99. The van der Waals surface area contributed by atoms with Crippen LogP contribution in [0.1, 0.15) is 40.0 Å². The van der Waals surface area contributed by atoms with Gasteiger partial charge in [-0.1, -0.05) is 36.4 Å². The van der Waals surface area contributed by atoms with Crippen molar-refractivity contribution in [3.63, 3.8) is 0 Å². The maximum absolute atomic E-state index is 13.2. The van der Waals surface area contributed by atoms with Gasteiger partial charge in [-0.15, -0.1) is 0 Å². The van der Waals surface area contributed by atoms with Crippen LogP contribution >= 0.6 is 0 Å². The summed E-state index contributed by atoms with van der Waals surface area (Å²) < 4.78 is 7.63. The molecule has 4 rings (SSSR count). The lowest BCUT2D eigenvalue weighted by molar-refractivity contribution is -0.00167. The normalized spacial score (nSPS) is 14.5. The summed E-state index contributed by atoms with van der Waals surface area (Å²) in [6, 6.07) is 17.7. The Kier molecular flexibility index (Phi) is 7.12. The number of rotatable bonds is 7. The van der Waals surface area contributed by atoms with Crippen molar-refractivity contribution in [3.8, 4) is 0 Å². The van der Waals surface area contributed by atoms with E-state index < -0.39 is 0 Å². The summed E-state index contributed by atoms with van der Waals surface area (Å²) in [7, 11) is 0. The lowest BCUT2D eigenvalue weighted by atomic mass is 10.0. The van der Waals surface area contributed by atoms with E-state index in [2.05, 4.69) is 4.98 Å². The Balaban J connectivity index is 1.37. The van der Waals surface area contributed by atoms with Crippen LogP contribution in [0.3, 0.4) is 0 Å². The molecule has 0 radical (unpaired) electrons. The minimum absolute atomic E-state index is 0.0976. The predicted octanol–water partition coefficient (Wildman–Crippen LogP) is 3.62. The molecule has 0 N–H and O–H groups in total. The van der Waals surface area contributed by atoms with Crippen molar-refractivity contribution in [2.24, 2.45) is 0 Å². The molecule has 1 fully saturated rings. The number of amides is 1. The number of benzene rings is 1. The second kappa shape index (κ2) is 10.4. The van der Waals surface area contributed by atoms with E-state index in [-0.39, 0.29) is 23.1 Å². The summed E-state index contributed by atoms with van der Waals surface area (Å²) in [5, 5.41) is 0. The van der Waals surface area contributed by atoms with Crippen molar-refractivity contribution < 1.29 is 9.53 Å². The molecular weight excluding hydrogens is 402 g/mol. The Morgan fingerprint density at radius 3 is 2.53 bits per heavy atom. The van der Waals surface area contributed by atoms with E-state index in [4.69, 9.17) is 4.74 Å². The quantitative estimate of drug-likeness (QED) is 0.573. The molecule has 32 heavy (non-hydrogen) atoms. The van der Waals surface area contributed by atoms with Gasteiger partial charge in [-0.2, -0.15) is 0 Å². The van der Waals surface area contributed by atoms with Crippen LogP contribution in [0.25, 0.3) is 0 Å². The molecule has 1 amide bonds. The molecule has 6 nitrogen and oxygen atoms in total. The first-order valence-corrected chi connectivity index (χ1v) is 11.2. The average Bonchev–Trinajstić information content (AvgIpc) is 2.84. The number of hydrogen-bond acceptors (Lipinski definition) is 4. The highest BCUT2D eigenvalue weighted by atomic mass is 16.5. The Morgan fingerprint density at radius 2 is 1.81 bits per heavy atom. The molecular formula is C26H29N3O3. The standard InChI is InChI=1S/C26H29N3O3/c1-20-10-15-28(16-11-21-7-3-2-4-8-21)25(30)24(20)26(31)29-17-12-23(13-18-29)32-19-22-9-5-6-14-27-22/h2-10,14-15,23H,11-13,16-19H2,1H3. The number of likely N-dealkylation sites (tertiary alicyclic amines) is 1. The fourth-order valence-corrected chi connectivity index (χ4v) is 4.07. The van der Waals surface area contributed by atoms with Gasteiger partial charge in [-0.25, -0.2) is 0 Å². The van der Waals surface area contributed by atoms with Crippen LogP contribution in [0.15, 0.2) is 71.8 Å². The number of carbonyl (C=O) groups excluding carboxylic acids is 1. The molecule has 1 aliphatic heterocycles. The highest BCUT2D eigenvalue weighted by molar-refractivity contribution is 5.95. The molecule has 0 bridgehead atoms. The molecule has 0 atom stereocenters. The van der Waals surface area contributed by atoms with E-state index >= 15 is 0 Å². The van der Waals surface area contributed by atoms with Gasteiger partial charge in [0.25, 0.3) is 11.5 Å². The molecule has 1 saturated heterocycles. The zero-order valence-electron chi connectivity index (χ0n) is 18.4. The van der Waals surface area contributed by atoms with Crippen molar-refractivity contribution in [2.45, 2.75) is 45.4 Å². The van der Waals surface area contributed by atoms with Gasteiger partial charge in [0.15, 0.2) is 0 Å². The zero-order chi connectivity index (χ0) is 22.3. The summed E-state index contributed by atoms with van der Waals surface area (Å²) in [6.45, 7) is 4.03. The zero-order valence-corrected chi connectivity index (χ0v) is 18.4. The molecule has 3 heterocycles. The minimum atomic E-state index is -0.209. The fraction of sp³-hybridized carbons (Fsp3) is 0.346. The monoisotopic (exact) mass is 431 g/mol. The number of piperidine rings is 1. The predicted molar refractivity (Wildman–Crippen MR) is 124 cm³/mol. The first-order chi connectivity index (χ1) is 15.6. The molecule has 0 unspecified atom stereocenters. The van der Waals surface area contributed by atoms with Crippen molar-refractivity contribution in [2.75, 3.05) is 13.1 Å². The molecule has 1 aliphatic rings. The molecule has 3 aromatic rings. The first kappa shape index (κ1) is 22.0. The third-order valence-corrected chi connectivity index (χ3v) is 5.99. The second-order valence-electron chi connectivity index (χ2n) is 8.23. The van der Waals surface area contributed by atoms with E-state index in [1.165, 1.54) is 5.56 Å². The van der Waals surface area contributed by atoms with Gasteiger partial charge in [0, 0.05) is 32.0 Å². The second-order valence-corrected chi connectivity index (χ2v) is 8.23. The molecule has 0 spiro atoms. The van der Waals surface area contributed by atoms with Crippen LogP contribution < -0.4 is 5.56 Å². The molecule has 1 aromatic carbocycles. The Morgan fingerprint density at radius 1 is 1.06 bits per heavy atom. The van der Waals surface area contributed by atoms with Crippen LogP contribution in [0.4, 0.5) is 0 Å². The van der Waals surface area contributed by atoms with Gasteiger partial charge in [-0.05, 0) is 55.5 Å². The van der Waals surface area contributed by atoms with Crippen molar-refractivity contribution in [3.05, 3.63) is 99.7 Å². The number of aromatic nitrogens is 2.